The van der Waals surface area contributed by atoms with Gasteiger partial charge in [-0.1, -0.05) is 53.2 Å². The van der Waals surface area contributed by atoms with Crippen molar-refractivity contribution in [3.05, 3.63) is 69.9 Å². The lowest BCUT2D eigenvalue weighted by Crippen LogP contribution is -2.48. The molecule has 0 heterocycles. The molecule has 29 heavy (non-hydrogen) atoms. The molecule has 2 amide bonds. The van der Waals surface area contributed by atoms with Crippen LogP contribution in [0.3, 0.4) is 0 Å². The maximum Gasteiger partial charge on any atom is 0.242 e. The molecular weight excluding hydrogens is 455 g/mol. The van der Waals surface area contributed by atoms with Gasteiger partial charge in [0.2, 0.25) is 11.8 Å². The molecule has 0 fully saturated rings. The molecule has 2 aromatic rings. The van der Waals surface area contributed by atoms with E-state index in [4.69, 9.17) is 0 Å². The minimum Gasteiger partial charge on any atom is -0.354 e. The predicted octanol–water partition coefficient (Wildman–Crippen LogP) is 4.76. The van der Waals surface area contributed by atoms with Crippen LogP contribution in [0.15, 0.2) is 53.0 Å². The highest BCUT2D eigenvalue weighted by atomic mass is 79.9. The monoisotopic (exact) mass is 480 g/mol. The lowest BCUT2D eigenvalue weighted by Gasteiger charge is -2.29. The molecule has 0 spiro atoms. The van der Waals surface area contributed by atoms with E-state index in [1.807, 2.05) is 31.2 Å². The summed E-state index contributed by atoms with van der Waals surface area (Å²) in [5, 5.41) is 2.86. The summed E-state index contributed by atoms with van der Waals surface area (Å²) in [5.74, 6) is -0.0154. The van der Waals surface area contributed by atoms with Crippen molar-refractivity contribution in [1.82, 2.24) is 10.2 Å². The summed E-state index contributed by atoms with van der Waals surface area (Å²) in [6.45, 7) is 4.63. The average Bonchev–Trinajstić information content (AvgIpc) is 2.71. The van der Waals surface area contributed by atoms with E-state index in [9.17, 15) is 14.0 Å². The van der Waals surface area contributed by atoms with E-state index in [0.29, 0.717) is 24.4 Å². The van der Waals surface area contributed by atoms with Crippen LogP contribution in [0.1, 0.15) is 31.4 Å². The lowest BCUT2D eigenvalue weighted by molar-refractivity contribution is -0.138. The first-order chi connectivity index (χ1) is 13.9. The van der Waals surface area contributed by atoms with Crippen LogP contribution in [0.5, 0.6) is 0 Å². The van der Waals surface area contributed by atoms with Gasteiger partial charge in [0.15, 0.2) is 0 Å². The van der Waals surface area contributed by atoms with Crippen LogP contribution >= 0.6 is 27.7 Å². The van der Waals surface area contributed by atoms with Gasteiger partial charge < -0.3 is 10.2 Å². The van der Waals surface area contributed by atoms with E-state index >= 15 is 0 Å². The Morgan fingerprint density at radius 3 is 2.66 bits per heavy atom. The summed E-state index contributed by atoms with van der Waals surface area (Å²) in [4.78, 5) is 27.0. The zero-order valence-corrected chi connectivity index (χ0v) is 19.1. The fourth-order valence-electron chi connectivity index (χ4n) is 2.76. The average molecular weight is 481 g/mol. The highest BCUT2D eigenvalue weighted by Crippen LogP contribution is 2.19. The molecule has 0 saturated heterocycles. The Bertz CT molecular complexity index is 834. The van der Waals surface area contributed by atoms with Gasteiger partial charge in [0.1, 0.15) is 11.9 Å². The number of carbonyl (C=O) groups excluding carboxylic acids is 2. The number of rotatable bonds is 10. The minimum absolute atomic E-state index is 0.148. The fraction of sp³-hybridized carbons (Fsp3) is 0.364. The number of benzene rings is 2. The summed E-state index contributed by atoms with van der Waals surface area (Å²) < 4.78 is 14.7. The minimum atomic E-state index is -0.595. The molecule has 0 saturated carbocycles. The third-order valence-corrected chi connectivity index (χ3v) is 5.86. The fourth-order valence-corrected chi connectivity index (χ4v) is 4.10. The van der Waals surface area contributed by atoms with Gasteiger partial charge in [0, 0.05) is 23.3 Å². The molecule has 2 rings (SSSR count). The predicted molar refractivity (Wildman–Crippen MR) is 120 cm³/mol. The normalized spacial score (nSPS) is 11.7. The topological polar surface area (TPSA) is 49.4 Å². The first-order valence-electron chi connectivity index (χ1n) is 9.55. The number of thioether (sulfide) groups is 1. The van der Waals surface area contributed by atoms with Crippen molar-refractivity contribution in [3.8, 4) is 0 Å². The van der Waals surface area contributed by atoms with Crippen molar-refractivity contribution in [3.63, 3.8) is 0 Å². The van der Waals surface area contributed by atoms with Crippen LogP contribution in [0, 0.1) is 5.82 Å². The van der Waals surface area contributed by atoms with Gasteiger partial charge in [-0.2, -0.15) is 0 Å². The number of nitrogens with one attached hydrogen (secondary N) is 1. The van der Waals surface area contributed by atoms with Crippen LogP contribution in [-0.2, 0) is 21.9 Å². The molecule has 2 aromatic carbocycles. The van der Waals surface area contributed by atoms with Crippen LogP contribution in [0.4, 0.5) is 4.39 Å². The van der Waals surface area contributed by atoms with E-state index in [2.05, 4.69) is 21.2 Å². The lowest BCUT2D eigenvalue weighted by atomic mass is 10.1. The van der Waals surface area contributed by atoms with Crippen molar-refractivity contribution in [1.29, 1.82) is 0 Å². The Kier molecular flexibility index (Phi) is 9.67. The molecule has 1 N–H and O–H groups in total. The van der Waals surface area contributed by atoms with Crippen LogP contribution in [0.2, 0.25) is 0 Å². The molecule has 0 bridgehead atoms. The molecule has 0 aliphatic rings. The van der Waals surface area contributed by atoms with Crippen LogP contribution in [-0.4, -0.2) is 35.1 Å². The number of nitrogens with zero attached hydrogens (tertiary/aromatic N) is 1. The van der Waals surface area contributed by atoms with Crippen molar-refractivity contribution in [2.45, 2.75) is 38.6 Å². The Morgan fingerprint density at radius 2 is 1.97 bits per heavy atom. The molecule has 0 aliphatic heterocycles. The van der Waals surface area contributed by atoms with E-state index < -0.39 is 6.04 Å². The number of amides is 2. The van der Waals surface area contributed by atoms with Gasteiger partial charge >= 0.3 is 0 Å². The summed E-state index contributed by atoms with van der Waals surface area (Å²) in [6, 6.07) is 13.6. The third-order valence-electron chi connectivity index (χ3n) is 4.40. The second kappa shape index (κ2) is 12.0. The summed E-state index contributed by atoms with van der Waals surface area (Å²) in [6.07, 6.45) is 0.830. The molecule has 0 aromatic heterocycles. The van der Waals surface area contributed by atoms with Crippen molar-refractivity contribution in [2.24, 2.45) is 0 Å². The number of hydrogen-bond acceptors (Lipinski definition) is 3. The van der Waals surface area contributed by atoms with Gasteiger partial charge in [0.25, 0.3) is 0 Å². The van der Waals surface area contributed by atoms with Gasteiger partial charge in [-0.15, -0.1) is 11.8 Å². The maximum atomic E-state index is 13.8. The molecule has 4 nitrogen and oxygen atoms in total. The first kappa shape index (κ1) is 23.4. The largest absolute Gasteiger partial charge is 0.354 e. The van der Waals surface area contributed by atoms with Crippen molar-refractivity contribution < 1.29 is 14.0 Å². The van der Waals surface area contributed by atoms with E-state index in [1.54, 1.807) is 30.0 Å². The Balaban J connectivity index is 2.07. The van der Waals surface area contributed by atoms with Gasteiger partial charge in [-0.25, -0.2) is 4.39 Å². The SMILES string of the molecule is CCCNC(=O)[C@@H](C)N(Cc1cccc(Br)c1)C(=O)CSCc1ccccc1F. The highest BCUT2D eigenvalue weighted by Gasteiger charge is 2.25. The zero-order chi connectivity index (χ0) is 21.2. The molecule has 1 atom stereocenters. The molecule has 0 radical (unpaired) electrons. The van der Waals surface area contributed by atoms with E-state index in [-0.39, 0.29) is 23.4 Å². The maximum absolute atomic E-state index is 13.8. The van der Waals surface area contributed by atoms with Crippen molar-refractivity contribution >= 4 is 39.5 Å². The van der Waals surface area contributed by atoms with Crippen molar-refractivity contribution in [2.75, 3.05) is 12.3 Å². The number of halogens is 2. The Morgan fingerprint density at radius 1 is 1.21 bits per heavy atom. The number of hydrogen-bond donors (Lipinski definition) is 1. The number of carbonyl (C=O) groups is 2. The Labute approximate surface area is 184 Å². The molecule has 156 valence electrons. The highest BCUT2D eigenvalue weighted by molar-refractivity contribution is 9.10. The molecular formula is C22H26BrFN2O2S. The zero-order valence-electron chi connectivity index (χ0n) is 16.7. The van der Waals surface area contributed by atoms with Crippen LogP contribution < -0.4 is 5.32 Å². The van der Waals surface area contributed by atoms with E-state index in [1.165, 1.54) is 17.8 Å². The quantitative estimate of drug-likeness (QED) is 0.532. The first-order valence-corrected chi connectivity index (χ1v) is 11.5. The summed E-state index contributed by atoms with van der Waals surface area (Å²) >= 11 is 4.79. The summed E-state index contributed by atoms with van der Waals surface area (Å²) in [5.41, 5.74) is 1.50. The van der Waals surface area contributed by atoms with Gasteiger partial charge in [-0.05, 0) is 42.7 Å². The smallest absolute Gasteiger partial charge is 0.242 e. The van der Waals surface area contributed by atoms with Gasteiger partial charge in [-0.3, -0.25) is 9.59 Å². The van der Waals surface area contributed by atoms with Crippen LogP contribution in [0.25, 0.3) is 0 Å². The Hall–Kier alpha value is -1.86. The molecule has 0 unspecified atom stereocenters. The summed E-state index contributed by atoms with van der Waals surface area (Å²) in [7, 11) is 0. The second-order valence-electron chi connectivity index (χ2n) is 6.70. The molecule has 0 aliphatic carbocycles. The van der Waals surface area contributed by atoms with E-state index in [0.717, 1.165) is 16.5 Å². The third kappa shape index (κ3) is 7.48. The second-order valence-corrected chi connectivity index (χ2v) is 8.60. The van der Waals surface area contributed by atoms with Gasteiger partial charge in [0.05, 0.1) is 5.75 Å². The molecule has 7 heteroatoms. The standard InChI is InChI=1S/C22H26BrFN2O2S/c1-3-11-25-22(28)16(2)26(13-17-7-6-9-19(23)12-17)21(27)15-29-14-18-8-4-5-10-20(18)24/h4-10,12,16H,3,11,13-15H2,1-2H3,(H,25,28)/t16-/m1/s1.